The van der Waals surface area contributed by atoms with Crippen molar-refractivity contribution < 1.29 is 24.2 Å². The number of carbonyl (C=O) groups excluding carboxylic acids is 2. The minimum atomic E-state index is -1.10. The summed E-state index contributed by atoms with van der Waals surface area (Å²) in [5.74, 6) is 0.122. The van der Waals surface area contributed by atoms with E-state index in [1.807, 2.05) is 36.6 Å². The Kier molecular flexibility index (Phi) is 12.0. The molecule has 0 fully saturated rings. The van der Waals surface area contributed by atoms with Crippen molar-refractivity contribution in [1.82, 2.24) is 25.4 Å². The van der Waals surface area contributed by atoms with Crippen LogP contribution in [0.1, 0.15) is 44.1 Å². The van der Waals surface area contributed by atoms with Gasteiger partial charge in [0.05, 0.1) is 25.3 Å². The summed E-state index contributed by atoms with van der Waals surface area (Å²) < 4.78 is 13.0. The molecule has 2 rings (SSSR count). The predicted octanol–water partition coefficient (Wildman–Crippen LogP) is 1.61. The van der Waals surface area contributed by atoms with E-state index in [1.54, 1.807) is 18.4 Å². The number of aliphatic hydroxyl groups is 1. The van der Waals surface area contributed by atoms with Crippen LogP contribution in [0.3, 0.4) is 0 Å². The van der Waals surface area contributed by atoms with Gasteiger partial charge in [0, 0.05) is 13.2 Å². The first-order valence-corrected chi connectivity index (χ1v) is 12.7. The van der Waals surface area contributed by atoms with Gasteiger partial charge in [-0.05, 0) is 38.5 Å². The maximum atomic E-state index is 12.7. The summed E-state index contributed by atoms with van der Waals surface area (Å²) >= 11 is 1.39. The molecule has 0 aliphatic rings. The van der Waals surface area contributed by atoms with Crippen LogP contribution in [0.5, 0.6) is 0 Å². The molecule has 0 aliphatic carbocycles. The lowest BCUT2D eigenvalue weighted by Gasteiger charge is -2.24. The number of aromatic nitrogens is 3. The summed E-state index contributed by atoms with van der Waals surface area (Å²) in [6.07, 6.45) is 2.60. The topological polar surface area (TPSA) is 154 Å². The summed E-state index contributed by atoms with van der Waals surface area (Å²) in [5.41, 5.74) is 5.89. The SMILES string of the molecule is CSc1nnc([C@@H](COCc2ccccc2)NC(=O)C(C)(C)N)n1CCOC(=O)NCCCCO. The van der Waals surface area contributed by atoms with Crippen LogP contribution in [0.25, 0.3) is 0 Å². The Morgan fingerprint density at radius 2 is 1.97 bits per heavy atom. The summed E-state index contributed by atoms with van der Waals surface area (Å²) in [6.45, 7) is 4.63. The molecule has 11 nitrogen and oxygen atoms in total. The lowest BCUT2D eigenvalue weighted by Crippen LogP contribution is -2.51. The average molecular weight is 509 g/mol. The molecular weight excluding hydrogens is 472 g/mol. The number of aliphatic hydroxyl groups excluding tert-OH is 1. The first kappa shape index (κ1) is 28.6. The number of ether oxygens (including phenoxy) is 2. The van der Waals surface area contributed by atoms with E-state index in [9.17, 15) is 9.59 Å². The number of benzene rings is 1. The molecule has 1 aromatic carbocycles. The zero-order valence-corrected chi connectivity index (χ0v) is 21.3. The van der Waals surface area contributed by atoms with Gasteiger partial charge in [0.25, 0.3) is 0 Å². The number of unbranched alkanes of at least 4 members (excludes halogenated alkanes) is 1. The fourth-order valence-electron chi connectivity index (χ4n) is 3.02. The zero-order valence-electron chi connectivity index (χ0n) is 20.5. The number of alkyl carbamates (subject to hydrolysis) is 1. The Bertz CT molecular complexity index is 919. The molecular formula is C23H36N6O5S. The molecule has 35 heavy (non-hydrogen) atoms. The van der Waals surface area contributed by atoms with Crippen LogP contribution in [0, 0.1) is 0 Å². The standard InChI is InChI=1S/C23H36N6O5S/c1-23(2,24)20(31)26-18(16-33-15-17-9-5-4-6-10-17)19-27-28-21(35-3)29(19)12-14-34-22(32)25-11-7-8-13-30/h4-6,9-10,18,30H,7-8,11-16,24H2,1-3H3,(H,25,32)(H,26,31)/t18-/m1/s1. The number of rotatable bonds is 15. The molecule has 1 atom stereocenters. The molecule has 5 N–H and O–H groups in total. The highest BCUT2D eigenvalue weighted by Gasteiger charge is 2.29. The van der Waals surface area contributed by atoms with E-state index in [4.69, 9.17) is 20.3 Å². The van der Waals surface area contributed by atoms with Gasteiger partial charge >= 0.3 is 6.09 Å². The van der Waals surface area contributed by atoms with E-state index in [0.29, 0.717) is 43.5 Å². The molecule has 0 aliphatic heterocycles. The van der Waals surface area contributed by atoms with Gasteiger partial charge in [0.2, 0.25) is 5.91 Å². The monoisotopic (exact) mass is 508 g/mol. The van der Waals surface area contributed by atoms with Gasteiger partial charge < -0.3 is 35.5 Å². The molecule has 0 radical (unpaired) electrons. The average Bonchev–Trinajstić information content (AvgIpc) is 3.24. The second-order valence-corrected chi connectivity index (χ2v) is 9.21. The molecule has 12 heteroatoms. The van der Waals surface area contributed by atoms with E-state index in [1.165, 1.54) is 11.8 Å². The third kappa shape index (κ3) is 9.84. The minimum Gasteiger partial charge on any atom is -0.448 e. The second-order valence-electron chi connectivity index (χ2n) is 8.44. The number of nitrogens with zero attached hydrogens (tertiary/aromatic N) is 3. The van der Waals surface area contributed by atoms with Crippen molar-refractivity contribution in [1.29, 1.82) is 0 Å². The lowest BCUT2D eigenvalue weighted by molar-refractivity contribution is -0.126. The number of thioether (sulfide) groups is 1. The molecule has 0 saturated heterocycles. The Morgan fingerprint density at radius 3 is 2.63 bits per heavy atom. The van der Waals surface area contributed by atoms with Crippen molar-refractivity contribution >= 4 is 23.8 Å². The van der Waals surface area contributed by atoms with Crippen LogP contribution in [-0.2, 0) is 27.4 Å². The summed E-state index contributed by atoms with van der Waals surface area (Å²) in [5, 5.41) is 23.5. The Morgan fingerprint density at radius 1 is 1.23 bits per heavy atom. The van der Waals surface area contributed by atoms with Crippen molar-refractivity contribution in [3.8, 4) is 0 Å². The Labute approximate surface area is 210 Å². The molecule has 0 unspecified atom stereocenters. The predicted molar refractivity (Wildman–Crippen MR) is 133 cm³/mol. The second kappa shape index (κ2) is 14.7. The van der Waals surface area contributed by atoms with Crippen LogP contribution in [-0.4, -0.2) is 70.0 Å². The van der Waals surface area contributed by atoms with Crippen LogP contribution in [0.15, 0.2) is 35.5 Å². The smallest absolute Gasteiger partial charge is 0.407 e. The third-order valence-corrected chi connectivity index (χ3v) is 5.60. The number of nitrogens with one attached hydrogen (secondary N) is 2. The maximum absolute atomic E-state index is 12.7. The minimum absolute atomic E-state index is 0.0817. The third-order valence-electron chi connectivity index (χ3n) is 4.93. The van der Waals surface area contributed by atoms with Crippen molar-refractivity contribution in [2.24, 2.45) is 5.73 Å². The van der Waals surface area contributed by atoms with Crippen LogP contribution in [0.4, 0.5) is 4.79 Å². The number of hydrogen-bond acceptors (Lipinski definition) is 9. The van der Waals surface area contributed by atoms with Crippen LogP contribution >= 0.6 is 11.8 Å². The first-order chi connectivity index (χ1) is 16.8. The summed E-state index contributed by atoms with van der Waals surface area (Å²) in [7, 11) is 0. The van der Waals surface area contributed by atoms with Gasteiger partial charge in [-0.1, -0.05) is 42.1 Å². The Hall–Kier alpha value is -2.67. The lowest BCUT2D eigenvalue weighted by atomic mass is 10.1. The number of amides is 2. The summed E-state index contributed by atoms with van der Waals surface area (Å²) in [4.78, 5) is 24.6. The fourth-order valence-corrected chi connectivity index (χ4v) is 3.55. The molecule has 0 saturated carbocycles. The van der Waals surface area contributed by atoms with E-state index < -0.39 is 17.7 Å². The number of hydrogen-bond donors (Lipinski definition) is 4. The van der Waals surface area contributed by atoms with Gasteiger partial charge in [-0.3, -0.25) is 4.79 Å². The highest BCUT2D eigenvalue weighted by molar-refractivity contribution is 7.98. The van der Waals surface area contributed by atoms with Gasteiger partial charge in [0.15, 0.2) is 11.0 Å². The van der Waals surface area contributed by atoms with E-state index in [2.05, 4.69) is 20.8 Å². The van der Waals surface area contributed by atoms with E-state index >= 15 is 0 Å². The highest BCUT2D eigenvalue weighted by Crippen LogP contribution is 2.20. The van der Waals surface area contributed by atoms with Crippen molar-refractivity contribution in [3.05, 3.63) is 41.7 Å². The Balaban J connectivity index is 2.08. The zero-order chi connectivity index (χ0) is 25.7. The first-order valence-electron chi connectivity index (χ1n) is 11.5. The molecule has 2 amide bonds. The van der Waals surface area contributed by atoms with Crippen molar-refractivity contribution in [2.45, 2.75) is 56.6 Å². The fraction of sp³-hybridized carbons (Fsp3) is 0.565. The molecule has 1 aromatic heterocycles. The van der Waals surface area contributed by atoms with Crippen molar-refractivity contribution in [2.75, 3.05) is 32.6 Å². The van der Waals surface area contributed by atoms with E-state index in [0.717, 1.165) is 5.56 Å². The molecule has 0 bridgehead atoms. The normalized spacial score (nSPS) is 12.3. The number of carbonyl (C=O) groups is 2. The van der Waals surface area contributed by atoms with Gasteiger partial charge in [0.1, 0.15) is 12.6 Å². The number of nitrogens with two attached hydrogens (primary N) is 1. The highest BCUT2D eigenvalue weighted by atomic mass is 32.2. The van der Waals surface area contributed by atoms with Crippen LogP contribution < -0.4 is 16.4 Å². The maximum Gasteiger partial charge on any atom is 0.407 e. The van der Waals surface area contributed by atoms with Crippen LogP contribution in [0.2, 0.25) is 0 Å². The largest absolute Gasteiger partial charge is 0.448 e. The van der Waals surface area contributed by atoms with Crippen molar-refractivity contribution in [3.63, 3.8) is 0 Å². The quantitative estimate of drug-likeness (QED) is 0.207. The molecule has 0 spiro atoms. The molecule has 2 aromatic rings. The van der Waals surface area contributed by atoms with Gasteiger partial charge in [-0.2, -0.15) is 0 Å². The van der Waals surface area contributed by atoms with Gasteiger partial charge in [-0.15, -0.1) is 10.2 Å². The molecule has 194 valence electrons. The molecule has 1 heterocycles. The van der Waals surface area contributed by atoms with E-state index in [-0.39, 0.29) is 25.7 Å². The van der Waals surface area contributed by atoms with Gasteiger partial charge in [-0.25, -0.2) is 4.79 Å². The summed E-state index contributed by atoms with van der Waals surface area (Å²) in [6, 6.07) is 9.08.